The molecule has 3 amide bonds. The van der Waals surface area contributed by atoms with E-state index in [4.69, 9.17) is 9.47 Å². The number of nitrogens with zero attached hydrogens (tertiary/aromatic N) is 2. The number of amides is 3. The molecule has 0 atom stereocenters. The molecule has 2 aromatic rings. The summed E-state index contributed by atoms with van der Waals surface area (Å²) in [5.74, 6) is 0.803. The summed E-state index contributed by atoms with van der Waals surface area (Å²) < 4.78 is 10.3. The van der Waals surface area contributed by atoms with E-state index in [9.17, 15) is 9.59 Å². The lowest BCUT2D eigenvalue weighted by atomic mass is 10.1. The van der Waals surface area contributed by atoms with E-state index in [0.717, 1.165) is 22.6 Å². The molecular formula is C21H25N3O4. The molecule has 0 unspecified atom stereocenters. The van der Waals surface area contributed by atoms with Gasteiger partial charge in [-0.1, -0.05) is 24.3 Å². The van der Waals surface area contributed by atoms with Gasteiger partial charge in [-0.3, -0.25) is 0 Å². The number of nitrogens with one attached hydrogen (secondary N) is 1. The van der Waals surface area contributed by atoms with E-state index in [2.05, 4.69) is 5.32 Å². The zero-order chi connectivity index (χ0) is 19.9. The third-order valence-electron chi connectivity index (χ3n) is 4.63. The topological polar surface area (TPSA) is 71.1 Å². The Kier molecular flexibility index (Phi) is 6.37. The lowest BCUT2D eigenvalue weighted by Gasteiger charge is -2.34. The Morgan fingerprint density at radius 3 is 2.29 bits per heavy atom. The number of methoxy groups -OCH3 is 1. The van der Waals surface area contributed by atoms with Crippen molar-refractivity contribution in [3.8, 4) is 16.9 Å². The maximum absolute atomic E-state index is 12.5. The minimum Gasteiger partial charge on any atom is -0.497 e. The van der Waals surface area contributed by atoms with Crippen molar-refractivity contribution in [1.29, 1.82) is 0 Å². The van der Waals surface area contributed by atoms with Crippen LogP contribution < -0.4 is 10.1 Å². The number of piperazine rings is 1. The summed E-state index contributed by atoms with van der Waals surface area (Å²) in [6.45, 7) is 4.04. The van der Waals surface area contributed by atoms with Gasteiger partial charge in [0, 0.05) is 31.9 Å². The Morgan fingerprint density at radius 1 is 0.964 bits per heavy atom. The van der Waals surface area contributed by atoms with Crippen molar-refractivity contribution in [3.05, 3.63) is 48.5 Å². The molecule has 0 aromatic heterocycles. The van der Waals surface area contributed by atoms with E-state index < -0.39 is 0 Å². The lowest BCUT2D eigenvalue weighted by molar-refractivity contribution is 0.0868. The summed E-state index contributed by atoms with van der Waals surface area (Å²) in [5.41, 5.74) is 2.82. The first-order valence-corrected chi connectivity index (χ1v) is 9.33. The van der Waals surface area contributed by atoms with E-state index >= 15 is 0 Å². The van der Waals surface area contributed by atoms with Crippen LogP contribution in [0, 0.1) is 0 Å². The quantitative estimate of drug-likeness (QED) is 0.875. The first-order valence-electron chi connectivity index (χ1n) is 9.33. The second-order valence-electron chi connectivity index (χ2n) is 6.41. The largest absolute Gasteiger partial charge is 0.497 e. The molecule has 1 heterocycles. The highest BCUT2D eigenvalue weighted by Gasteiger charge is 2.24. The number of carbonyl (C=O) groups is 2. The maximum atomic E-state index is 12.5. The first kappa shape index (κ1) is 19.5. The second-order valence-corrected chi connectivity index (χ2v) is 6.41. The van der Waals surface area contributed by atoms with Crippen molar-refractivity contribution in [1.82, 2.24) is 9.80 Å². The van der Waals surface area contributed by atoms with E-state index in [1.807, 2.05) is 48.5 Å². The molecule has 2 aromatic carbocycles. The van der Waals surface area contributed by atoms with Gasteiger partial charge in [-0.2, -0.15) is 0 Å². The van der Waals surface area contributed by atoms with Crippen LogP contribution in [0.1, 0.15) is 6.92 Å². The number of hydrogen-bond donors (Lipinski definition) is 1. The van der Waals surface area contributed by atoms with Crippen LogP contribution >= 0.6 is 0 Å². The SMILES string of the molecule is CCOC(=O)N1CCN(C(=O)Nc2ccc(-c3cccc(OC)c3)cc2)CC1. The number of urea groups is 1. The van der Waals surface area contributed by atoms with Crippen LogP contribution in [0.15, 0.2) is 48.5 Å². The molecule has 1 fully saturated rings. The van der Waals surface area contributed by atoms with Crippen molar-refractivity contribution in [2.45, 2.75) is 6.92 Å². The van der Waals surface area contributed by atoms with Crippen molar-refractivity contribution in [2.24, 2.45) is 0 Å². The normalized spacial score (nSPS) is 13.8. The molecule has 1 aliphatic heterocycles. The third-order valence-corrected chi connectivity index (χ3v) is 4.63. The standard InChI is InChI=1S/C21H25N3O4/c1-3-28-21(26)24-13-11-23(12-14-24)20(25)22-18-9-7-16(8-10-18)17-5-4-6-19(15-17)27-2/h4-10,15H,3,11-14H2,1-2H3,(H,22,25). The van der Waals surface area contributed by atoms with Crippen molar-refractivity contribution in [2.75, 3.05) is 45.2 Å². The molecule has 0 spiro atoms. The molecule has 148 valence electrons. The van der Waals surface area contributed by atoms with Crippen LogP contribution in [0.5, 0.6) is 5.75 Å². The fraction of sp³-hybridized carbons (Fsp3) is 0.333. The molecule has 3 rings (SSSR count). The molecule has 0 saturated carbocycles. The van der Waals surface area contributed by atoms with E-state index in [1.54, 1.807) is 23.8 Å². The second kappa shape index (κ2) is 9.12. The van der Waals surface area contributed by atoms with Gasteiger partial charge in [-0.25, -0.2) is 9.59 Å². The molecule has 28 heavy (non-hydrogen) atoms. The van der Waals surface area contributed by atoms with Gasteiger partial charge < -0.3 is 24.6 Å². The van der Waals surface area contributed by atoms with Gasteiger partial charge in [0.05, 0.1) is 13.7 Å². The summed E-state index contributed by atoms with van der Waals surface area (Å²) >= 11 is 0. The smallest absolute Gasteiger partial charge is 0.409 e. The lowest BCUT2D eigenvalue weighted by Crippen LogP contribution is -2.51. The van der Waals surface area contributed by atoms with Crippen LogP contribution in [0.3, 0.4) is 0 Å². The molecule has 0 radical (unpaired) electrons. The Balaban J connectivity index is 1.55. The molecule has 1 N–H and O–H groups in total. The summed E-state index contributed by atoms with van der Waals surface area (Å²) in [4.78, 5) is 27.5. The number of ether oxygens (including phenoxy) is 2. The summed E-state index contributed by atoms with van der Waals surface area (Å²) in [7, 11) is 1.64. The molecule has 1 aliphatic rings. The summed E-state index contributed by atoms with van der Waals surface area (Å²) in [6.07, 6.45) is -0.323. The average molecular weight is 383 g/mol. The van der Waals surface area contributed by atoms with Crippen LogP contribution in [-0.4, -0.2) is 61.8 Å². The van der Waals surface area contributed by atoms with Crippen LogP contribution in [-0.2, 0) is 4.74 Å². The van der Waals surface area contributed by atoms with Gasteiger partial charge in [-0.15, -0.1) is 0 Å². The number of carbonyl (C=O) groups excluding carboxylic acids is 2. The van der Waals surface area contributed by atoms with E-state index in [0.29, 0.717) is 32.8 Å². The zero-order valence-electron chi connectivity index (χ0n) is 16.2. The first-order chi connectivity index (χ1) is 13.6. The van der Waals surface area contributed by atoms with Crippen LogP contribution in [0.2, 0.25) is 0 Å². The fourth-order valence-electron chi connectivity index (χ4n) is 3.06. The molecule has 7 heteroatoms. The summed E-state index contributed by atoms with van der Waals surface area (Å²) in [6, 6.07) is 15.3. The fourth-order valence-corrected chi connectivity index (χ4v) is 3.06. The predicted octanol–water partition coefficient (Wildman–Crippen LogP) is 3.67. The number of anilines is 1. The molecule has 0 bridgehead atoms. The highest BCUT2D eigenvalue weighted by atomic mass is 16.6. The number of rotatable bonds is 4. The Hall–Kier alpha value is -3.22. The highest BCUT2D eigenvalue weighted by Crippen LogP contribution is 2.25. The molecular weight excluding hydrogens is 358 g/mol. The van der Waals surface area contributed by atoms with Crippen molar-refractivity contribution >= 4 is 17.8 Å². The van der Waals surface area contributed by atoms with Gasteiger partial charge in [0.2, 0.25) is 0 Å². The van der Waals surface area contributed by atoms with Gasteiger partial charge in [-0.05, 0) is 42.3 Å². The van der Waals surface area contributed by atoms with Crippen molar-refractivity contribution in [3.63, 3.8) is 0 Å². The Bertz CT molecular complexity index is 815. The van der Waals surface area contributed by atoms with Crippen LogP contribution in [0.25, 0.3) is 11.1 Å². The van der Waals surface area contributed by atoms with Gasteiger partial charge in [0.1, 0.15) is 5.75 Å². The zero-order valence-corrected chi connectivity index (χ0v) is 16.2. The minimum absolute atomic E-state index is 0.169. The van der Waals surface area contributed by atoms with E-state index in [1.165, 1.54) is 0 Å². The van der Waals surface area contributed by atoms with Gasteiger partial charge in [0.15, 0.2) is 0 Å². The molecule has 1 saturated heterocycles. The Morgan fingerprint density at radius 2 is 1.64 bits per heavy atom. The third kappa shape index (κ3) is 4.73. The number of benzene rings is 2. The van der Waals surface area contributed by atoms with Gasteiger partial charge >= 0.3 is 12.1 Å². The number of hydrogen-bond acceptors (Lipinski definition) is 4. The van der Waals surface area contributed by atoms with Crippen LogP contribution in [0.4, 0.5) is 15.3 Å². The maximum Gasteiger partial charge on any atom is 0.409 e. The predicted molar refractivity (Wildman–Crippen MR) is 108 cm³/mol. The minimum atomic E-state index is -0.323. The molecule has 0 aliphatic carbocycles. The van der Waals surface area contributed by atoms with Crippen molar-refractivity contribution < 1.29 is 19.1 Å². The highest BCUT2D eigenvalue weighted by molar-refractivity contribution is 5.90. The monoisotopic (exact) mass is 383 g/mol. The molecule has 7 nitrogen and oxygen atoms in total. The van der Waals surface area contributed by atoms with E-state index in [-0.39, 0.29) is 12.1 Å². The van der Waals surface area contributed by atoms with Gasteiger partial charge in [0.25, 0.3) is 0 Å². The Labute approximate surface area is 164 Å². The summed E-state index contributed by atoms with van der Waals surface area (Å²) in [5, 5.41) is 2.91. The average Bonchev–Trinajstić information content (AvgIpc) is 2.74.